The van der Waals surface area contributed by atoms with E-state index in [2.05, 4.69) is 44.3 Å². The van der Waals surface area contributed by atoms with Crippen LogP contribution in [0.2, 0.25) is 0 Å². The Kier molecular flexibility index (Phi) is 4.67. The van der Waals surface area contributed by atoms with Gasteiger partial charge in [-0.1, -0.05) is 19.9 Å². The Morgan fingerprint density at radius 1 is 1.04 bits per heavy atom. The van der Waals surface area contributed by atoms with Crippen LogP contribution in [0.25, 0.3) is 11.0 Å². The number of anilines is 1. The summed E-state index contributed by atoms with van der Waals surface area (Å²) in [7, 11) is 0. The van der Waals surface area contributed by atoms with Gasteiger partial charge in [0.2, 0.25) is 5.91 Å². The van der Waals surface area contributed by atoms with Gasteiger partial charge in [0, 0.05) is 16.6 Å². The molecular weight excluding hydrogens is 310 g/mol. The monoisotopic (exact) mass is 335 g/mol. The smallest absolute Gasteiger partial charge is 0.228 e. The molecule has 1 heterocycles. The van der Waals surface area contributed by atoms with E-state index in [4.69, 9.17) is 4.42 Å². The first kappa shape index (κ1) is 17.3. The number of hydrogen-bond acceptors (Lipinski definition) is 2. The van der Waals surface area contributed by atoms with Crippen LogP contribution < -0.4 is 5.32 Å². The fraction of sp³-hybridized carbons (Fsp3) is 0.318. The van der Waals surface area contributed by atoms with Crippen molar-refractivity contribution in [2.75, 3.05) is 5.32 Å². The molecule has 0 saturated heterocycles. The summed E-state index contributed by atoms with van der Waals surface area (Å²) in [6.07, 6.45) is 2.01. The van der Waals surface area contributed by atoms with Gasteiger partial charge in [-0.2, -0.15) is 0 Å². The van der Waals surface area contributed by atoms with Gasteiger partial charge in [-0.25, -0.2) is 0 Å². The van der Waals surface area contributed by atoms with E-state index in [1.807, 2.05) is 26.0 Å². The van der Waals surface area contributed by atoms with E-state index in [0.29, 0.717) is 12.3 Å². The van der Waals surface area contributed by atoms with E-state index in [1.54, 1.807) is 6.26 Å². The quantitative estimate of drug-likeness (QED) is 0.668. The lowest BCUT2D eigenvalue weighted by atomic mass is 9.95. The van der Waals surface area contributed by atoms with E-state index in [9.17, 15) is 4.79 Å². The maximum absolute atomic E-state index is 12.5. The largest absolute Gasteiger partial charge is 0.464 e. The fourth-order valence-electron chi connectivity index (χ4n) is 3.43. The van der Waals surface area contributed by atoms with E-state index in [-0.39, 0.29) is 5.91 Å². The molecule has 0 aliphatic carbocycles. The molecule has 2 aromatic carbocycles. The van der Waals surface area contributed by atoms with Gasteiger partial charge in [-0.3, -0.25) is 4.79 Å². The predicted octanol–water partition coefficient (Wildman–Crippen LogP) is 5.66. The van der Waals surface area contributed by atoms with E-state index < -0.39 is 0 Å². The number of hydrogen-bond donors (Lipinski definition) is 1. The molecule has 1 amide bonds. The van der Waals surface area contributed by atoms with Crippen molar-refractivity contribution < 1.29 is 9.21 Å². The summed E-state index contributed by atoms with van der Waals surface area (Å²) in [4.78, 5) is 12.5. The van der Waals surface area contributed by atoms with Gasteiger partial charge in [0.1, 0.15) is 5.58 Å². The highest BCUT2D eigenvalue weighted by Crippen LogP contribution is 2.29. The summed E-state index contributed by atoms with van der Waals surface area (Å²) in [5.74, 6) is 0.413. The van der Waals surface area contributed by atoms with E-state index in [0.717, 1.165) is 33.3 Å². The van der Waals surface area contributed by atoms with Crippen molar-refractivity contribution in [3.63, 3.8) is 0 Å². The van der Waals surface area contributed by atoms with Crippen molar-refractivity contribution in [3.8, 4) is 0 Å². The SMILES string of the molecule is Cc1cc(C)cc(NC(=O)Cc2coc3cc(C)c(C(C)C)cc23)c1. The maximum atomic E-state index is 12.5. The average Bonchev–Trinajstić information content (AvgIpc) is 2.86. The number of rotatable bonds is 4. The van der Waals surface area contributed by atoms with Crippen molar-refractivity contribution in [1.29, 1.82) is 0 Å². The van der Waals surface area contributed by atoms with Gasteiger partial charge in [-0.15, -0.1) is 0 Å². The molecular formula is C22H25NO2. The number of fused-ring (bicyclic) bond motifs is 1. The van der Waals surface area contributed by atoms with Gasteiger partial charge in [0.05, 0.1) is 12.7 Å². The summed E-state index contributed by atoms with van der Waals surface area (Å²) in [5.41, 5.74) is 7.42. The second kappa shape index (κ2) is 6.75. The van der Waals surface area contributed by atoms with Crippen LogP contribution in [0.1, 0.15) is 47.6 Å². The molecule has 3 rings (SSSR count). The van der Waals surface area contributed by atoms with Crippen LogP contribution in [-0.4, -0.2) is 5.91 Å². The van der Waals surface area contributed by atoms with Crippen LogP contribution in [0, 0.1) is 20.8 Å². The molecule has 1 aromatic heterocycles. The molecule has 0 radical (unpaired) electrons. The van der Waals surface area contributed by atoms with Crippen molar-refractivity contribution >= 4 is 22.6 Å². The number of amides is 1. The van der Waals surface area contributed by atoms with Gasteiger partial charge in [0.15, 0.2) is 0 Å². The third kappa shape index (κ3) is 3.76. The van der Waals surface area contributed by atoms with E-state index in [1.165, 1.54) is 11.1 Å². The number of nitrogens with one attached hydrogen (secondary N) is 1. The number of aryl methyl sites for hydroxylation is 3. The van der Waals surface area contributed by atoms with Crippen LogP contribution in [0.5, 0.6) is 0 Å². The van der Waals surface area contributed by atoms with Crippen LogP contribution in [0.3, 0.4) is 0 Å². The first-order chi connectivity index (χ1) is 11.8. The molecule has 3 nitrogen and oxygen atoms in total. The van der Waals surface area contributed by atoms with Crippen molar-refractivity contribution in [2.24, 2.45) is 0 Å². The Morgan fingerprint density at radius 3 is 2.36 bits per heavy atom. The lowest BCUT2D eigenvalue weighted by Crippen LogP contribution is -2.14. The molecule has 0 unspecified atom stereocenters. The fourth-order valence-corrected chi connectivity index (χ4v) is 3.43. The Balaban J connectivity index is 1.84. The maximum Gasteiger partial charge on any atom is 0.228 e. The van der Waals surface area contributed by atoms with Crippen molar-refractivity contribution in [3.05, 3.63) is 64.4 Å². The summed E-state index contributed by atoms with van der Waals surface area (Å²) >= 11 is 0. The minimum Gasteiger partial charge on any atom is -0.464 e. The highest BCUT2D eigenvalue weighted by molar-refractivity contribution is 5.95. The van der Waals surface area contributed by atoms with Crippen molar-refractivity contribution in [1.82, 2.24) is 0 Å². The zero-order valence-corrected chi connectivity index (χ0v) is 15.6. The Labute approximate surface area is 149 Å². The molecule has 0 aliphatic heterocycles. The van der Waals surface area contributed by atoms with Crippen molar-refractivity contribution in [2.45, 2.75) is 47.0 Å². The summed E-state index contributed by atoms with van der Waals surface area (Å²) in [6, 6.07) is 10.3. The molecule has 0 saturated carbocycles. The van der Waals surface area contributed by atoms with Crippen LogP contribution in [0.4, 0.5) is 5.69 Å². The second-order valence-corrected chi connectivity index (χ2v) is 7.22. The van der Waals surface area contributed by atoms with Gasteiger partial charge in [-0.05, 0) is 73.2 Å². The molecule has 25 heavy (non-hydrogen) atoms. The van der Waals surface area contributed by atoms with Gasteiger partial charge < -0.3 is 9.73 Å². The normalized spacial score (nSPS) is 11.3. The zero-order valence-electron chi connectivity index (χ0n) is 15.6. The first-order valence-electron chi connectivity index (χ1n) is 8.72. The highest BCUT2D eigenvalue weighted by Gasteiger charge is 2.14. The van der Waals surface area contributed by atoms with Crippen LogP contribution in [0.15, 0.2) is 41.0 Å². The zero-order chi connectivity index (χ0) is 18.1. The Bertz CT molecular complexity index is 914. The number of carbonyl (C=O) groups is 1. The molecule has 3 heteroatoms. The summed E-state index contributed by atoms with van der Waals surface area (Å²) in [5, 5.41) is 4.03. The lowest BCUT2D eigenvalue weighted by Gasteiger charge is -2.10. The lowest BCUT2D eigenvalue weighted by molar-refractivity contribution is -0.115. The molecule has 0 aliphatic rings. The summed E-state index contributed by atoms with van der Waals surface area (Å²) < 4.78 is 5.67. The third-order valence-electron chi connectivity index (χ3n) is 4.52. The molecule has 0 spiro atoms. The topological polar surface area (TPSA) is 42.2 Å². The van der Waals surface area contributed by atoms with Gasteiger partial charge >= 0.3 is 0 Å². The highest BCUT2D eigenvalue weighted by atomic mass is 16.3. The Hall–Kier alpha value is -2.55. The molecule has 130 valence electrons. The second-order valence-electron chi connectivity index (χ2n) is 7.22. The standard InChI is InChI=1S/C22H25NO2/c1-13(2)19-11-20-17(12-25-21(20)9-16(19)5)10-22(24)23-18-7-14(3)6-15(4)8-18/h6-9,11-13H,10H2,1-5H3,(H,23,24). The number of furan rings is 1. The van der Waals surface area contributed by atoms with Crippen LogP contribution >= 0.6 is 0 Å². The molecule has 1 N–H and O–H groups in total. The number of benzene rings is 2. The molecule has 0 bridgehead atoms. The molecule has 0 atom stereocenters. The Morgan fingerprint density at radius 2 is 1.72 bits per heavy atom. The third-order valence-corrected chi connectivity index (χ3v) is 4.52. The van der Waals surface area contributed by atoms with Crippen LogP contribution in [-0.2, 0) is 11.2 Å². The van der Waals surface area contributed by atoms with E-state index >= 15 is 0 Å². The minimum atomic E-state index is -0.0284. The molecule has 0 fully saturated rings. The average molecular weight is 335 g/mol. The molecule has 3 aromatic rings. The minimum absolute atomic E-state index is 0.0284. The first-order valence-corrected chi connectivity index (χ1v) is 8.72. The predicted molar refractivity (Wildman–Crippen MR) is 103 cm³/mol. The summed E-state index contributed by atoms with van der Waals surface area (Å²) in [6.45, 7) is 10.5. The number of carbonyl (C=O) groups excluding carboxylic acids is 1. The van der Waals surface area contributed by atoms with Gasteiger partial charge in [0.25, 0.3) is 0 Å².